The van der Waals surface area contributed by atoms with Gasteiger partial charge in [-0.2, -0.15) is 0 Å². The molecule has 3 heteroatoms. The second kappa shape index (κ2) is 6.06. The standard InChI is InChI=1S/C20H22FNO/c21-18-7-5-16(6-8-18)15-3-1-14(2-4-15)13-19-20(23)17-9-11-22(19)12-10-17/h1-8,17,19-20,23H,9-13H2. The van der Waals surface area contributed by atoms with Crippen LogP contribution < -0.4 is 0 Å². The highest BCUT2D eigenvalue weighted by Gasteiger charge is 2.40. The summed E-state index contributed by atoms with van der Waals surface area (Å²) in [6.45, 7) is 2.25. The molecule has 3 aliphatic rings. The number of aliphatic hydroxyl groups is 1. The van der Waals surface area contributed by atoms with E-state index in [1.165, 1.54) is 17.7 Å². The Bertz CT molecular complexity index is 657. The Morgan fingerprint density at radius 1 is 0.913 bits per heavy atom. The van der Waals surface area contributed by atoms with Gasteiger partial charge in [-0.25, -0.2) is 4.39 Å². The molecule has 1 N–H and O–H groups in total. The number of nitrogens with zero attached hydrogens (tertiary/aromatic N) is 1. The molecule has 5 rings (SSSR count). The monoisotopic (exact) mass is 311 g/mol. The summed E-state index contributed by atoms with van der Waals surface area (Å²) in [7, 11) is 0. The van der Waals surface area contributed by atoms with E-state index in [0.29, 0.717) is 5.92 Å². The Morgan fingerprint density at radius 2 is 1.48 bits per heavy atom. The van der Waals surface area contributed by atoms with Gasteiger partial charge >= 0.3 is 0 Å². The van der Waals surface area contributed by atoms with Gasteiger partial charge in [0.05, 0.1) is 6.10 Å². The first-order valence-electron chi connectivity index (χ1n) is 8.48. The predicted molar refractivity (Wildman–Crippen MR) is 89.6 cm³/mol. The largest absolute Gasteiger partial charge is 0.391 e. The van der Waals surface area contributed by atoms with Gasteiger partial charge in [-0.05, 0) is 67.1 Å². The first-order chi connectivity index (χ1) is 11.2. The molecule has 2 atom stereocenters. The maximum atomic E-state index is 13.0. The molecule has 0 aromatic heterocycles. The minimum atomic E-state index is -0.208. The highest BCUT2D eigenvalue weighted by Crippen LogP contribution is 2.34. The molecule has 0 spiro atoms. The normalized spacial score (nSPS) is 29.7. The summed E-state index contributed by atoms with van der Waals surface area (Å²) in [6, 6.07) is 15.3. The van der Waals surface area contributed by atoms with E-state index >= 15 is 0 Å². The van der Waals surface area contributed by atoms with Crippen LogP contribution in [0.3, 0.4) is 0 Å². The molecule has 3 fully saturated rings. The molecule has 3 saturated heterocycles. The molecule has 2 bridgehead atoms. The lowest BCUT2D eigenvalue weighted by molar-refractivity contribution is -0.0715. The number of piperidine rings is 3. The van der Waals surface area contributed by atoms with Crippen molar-refractivity contribution in [2.75, 3.05) is 13.1 Å². The molecule has 120 valence electrons. The van der Waals surface area contributed by atoms with Crippen molar-refractivity contribution in [3.05, 3.63) is 59.9 Å². The van der Waals surface area contributed by atoms with Crippen LogP contribution in [-0.2, 0) is 6.42 Å². The average Bonchev–Trinajstić information content (AvgIpc) is 2.60. The molecule has 2 unspecified atom stereocenters. The van der Waals surface area contributed by atoms with Crippen molar-refractivity contribution in [2.24, 2.45) is 5.92 Å². The zero-order valence-electron chi connectivity index (χ0n) is 13.2. The fraction of sp³-hybridized carbons (Fsp3) is 0.400. The number of hydrogen-bond donors (Lipinski definition) is 1. The minimum Gasteiger partial charge on any atom is -0.391 e. The molecule has 23 heavy (non-hydrogen) atoms. The molecule has 0 amide bonds. The number of rotatable bonds is 3. The van der Waals surface area contributed by atoms with E-state index in [0.717, 1.165) is 43.5 Å². The highest BCUT2D eigenvalue weighted by molar-refractivity contribution is 5.63. The fourth-order valence-corrected chi connectivity index (χ4v) is 4.09. The summed E-state index contributed by atoms with van der Waals surface area (Å²) in [5.41, 5.74) is 3.38. The molecule has 3 heterocycles. The molecule has 0 saturated carbocycles. The van der Waals surface area contributed by atoms with Crippen molar-refractivity contribution < 1.29 is 9.50 Å². The Morgan fingerprint density at radius 3 is 2.04 bits per heavy atom. The predicted octanol–water partition coefficient (Wildman–Crippen LogP) is 3.49. The molecule has 2 aromatic carbocycles. The third kappa shape index (κ3) is 2.91. The van der Waals surface area contributed by atoms with Crippen LogP contribution in [0.25, 0.3) is 11.1 Å². The maximum Gasteiger partial charge on any atom is 0.123 e. The Balaban J connectivity index is 1.49. The maximum absolute atomic E-state index is 13.0. The van der Waals surface area contributed by atoms with E-state index in [1.54, 1.807) is 12.1 Å². The summed E-state index contributed by atoms with van der Waals surface area (Å²) in [4.78, 5) is 2.44. The molecular formula is C20H22FNO. The van der Waals surface area contributed by atoms with Crippen molar-refractivity contribution >= 4 is 0 Å². The molecular weight excluding hydrogens is 289 g/mol. The van der Waals surface area contributed by atoms with Crippen molar-refractivity contribution in [3.8, 4) is 11.1 Å². The molecule has 2 nitrogen and oxygen atoms in total. The minimum absolute atomic E-state index is 0.186. The van der Waals surface area contributed by atoms with Crippen LogP contribution in [0.1, 0.15) is 18.4 Å². The van der Waals surface area contributed by atoms with E-state index in [2.05, 4.69) is 29.2 Å². The van der Waals surface area contributed by atoms with Gasteiger partial charge in [0.25, 0.3) is 0 Å². The summed E-state index contributed by atoms with van der Waals surface area (Å²) >= 11 is 0. The summed E-state index contributed by atoms with van der Waals surface area (Å²) < 4.78 is 13.0. The number of aliphatic hydroxyl groups excluding tert-OH is 1. The lowest BCUT2D eigenvalue weighted by Crippen LogP contribution is -2.58. The van der Waals surface area contributed by atoms with Gasteiger partial charge in [0.2, 0.25) is 0 Å². The van der Waals surface area contributed by atoms with Gasteiger partial charge < -0.3 is 5.11 Å². The lowest BCUT2D eigenvalue weighted by atomic mass is 9.78. The van der Waals surface area contributed by atoms with E-state index in [1.807, 2.05) is 0 Å². The molecule has 0 aliphatic carbocycles. The SMILES string of the molecule is OC1C2CCN(CC2)C1Cc1ccc(-c2ccc(F)cc2)cc1. The molecule has 2 aromatic rings. The zero-order valence-corrected chi connectivity index (χ0v) is 13.2. The van der Waals surface area contributed by atoms with Crippen LogP contribution in [-0.4, -0.2) is 35.2 Å². The lowest BCUT2D eigenvalue weighted by Gasteiger charge is -2.49. The summed E-state index contributed by atoms with van der Waals surface area (Å²) in [5, 5.41) is 10.5. The van der Waals surface area contributed by atoms with Gasteiger partial charge in [-0.1, -0.05) is 36.4 Å². The van der Waals surface area contributed by atoms with Gasteiger partial charge in [0.1, 0.15) is 5.82 Å². The topological polar surface area (TPSA) is 23.5 Å². The van der Waals surface area contributed by atoms with E-state index in [-0.39, 0.29) is 18.0 Å². The summed E-state index contributed by atoms with van der Waals surface area (Å²) in [6.07, 6.45) is 3.00. The Kier molecular flexibility index (Phi) is 3.92. The smallest absolute Gasteiger partial charge is 0.123 e. The van der Waals surface area contributed by atoms with Crippen LogP contribution >= 0.6 is 0 Å². The van der Waals surface area contributed by atoms with Crippen LogP contribution in [0.5, 0.6) is 0 Å². The zero-order chi connectivity index (χ0) is 15.8. The van der Waals surface area contributed by atoms with Crippen LogP contribution in [0.15, 0.2) is 48.5 Å². The van der Waals surface area contributed by atoms with Crippen LogP contribution in [0.4, 0.5) is 4.39 Å². The number of fused-ring (bicyclic) bond motifs is 3. The number of benzene rings is 2. The molecule has 3 aliphatic heterocycles. The second-order valence-corrected chi connectivity index (χ2v) is 6.84. The Labute approximate surface area is 136 Å². The van der Waals surface area contributed by atoms with Crippen molar-refractivity contribution in [1.29, 1.82) is 0 Å². The van der Waals surface area contributed by atoms with Crippen molar-refractivity contribution in [2.45, 2.75) is 31.4 Å². The van der Waals surface area contributed by atoms with Crippen molar-refractivity contribution in [3.63, 3.8) is 0 Å². The van der Waals surface area contributed by atoms with Crippen molar-refractivity contribution in [1.82, 2.24) is 4.90 Å². The number of hydrogen-bond acceptors (Lipinski definition) is 2. The van der Waals surface area contributed by atoms with Crippen LogP contribution in [0.2, 0.25) is 0 Å². The Hall–Kier alpha value is -1.71. The first kappa shape index (κ1) is 14.9. The average molecular weight is 311 g/mol. The van der Waals surface area contributed by atoms with Gasteiger partial charge in [0, 0.05) is 6.04 Å². The second-order valence-electron chi connectivity index (χ2n) is 6.84. The van der Waals surface area contributed by atoms with Crippen LogP contribution in [0, 0.1) is 11.7 Å². The molecule has 0 radical (unpaired) electrons. The van der Waals surface area contributed by atoms with Gasteiger partial charge in [0.15, 0.2) is 0 Å². The highest BCUT2D eigenvalue weighted by atomic mass is 19.1. The fourth-order valence-electron chi connectivity index (χ4n) is 4.09. The third-order valence-corrected chi connectivity index (χ3v) is 5.50. The number of halogens is 1. The van der Waals surface area contributed by atoms with Gasteiger partial charge in [-0.15, -0.1) is 0 Å². The summed E-state index contributed by atoms with van der Waals surface area (Å²) in [5.74, 6) is 0.282. The first-order valence-corrected chi connectivity index (χ1v) is 8.48. The van der Waals surface area contributed by atoms with E-state index < -0.39 is 0 Å². The van der Waals surface area contributed by atoms with E-state index in [4.69, 9.17) is 0 Å². The van der Waals surface area contributed by atoms with Gasteiger partial charge in [-0.3, -0.25) is 4.90 Å². The third-order valence-electron chi connectivity index (χ3n) is 5.50. The quantitative estimate of drug-likeness (QED) is 0.938. The van der Waals surface area contributed by atoms with E-state index in [9.17, 15) is 9.50 Å².